The summed E-state index contributed by atoms with van der Waals surface area (Å²) in [5.74, 6) is -0.444. The van der Waals surface area contributed by atoms with Gasteiger partial charge in [-0.2, -0.15) is 0 Å². The maximum Gasteiger partial charge on any atom is 0.143 e. The molecule has 2 rings (SSSR count). The van der Waals surface area contributed by atoms with Gasteiger partial charge in [-0.25, -0.2) is 4.39 Å². The second kappa shape index (κ2) is 6.12. The molecule has 1 nitrogen and oxygen atoms in total. The minimum atomic E-state index is -0.444. The Kier molecular flexibility index (Phi) is 4.71. The lowest BCUT2D eigenvalue weighted by molar-refractivity contribution is 0.628. The molecule has 0 aromatic heterocycles. The number of halogens is 4. The molecule has 0 bridgehead atoms. The third-order valence-electron chi connectivity index (χ3n) is 2.73. The summed E-state index contributed by atoms with van der Waals surface area (Å²) in [6, 6.07) is 10.3. The van der Waals surface area contributed by atoms with Crippen molar-refractivity contribution in [3.8, 4) is 0 Å². The van der Waals surface area contributed by atoms with Gasteiger partial charge >= 0.3 is 0 Å². The van der Waals surface area contributed by atoms with Crippen LogP contribution < -0.4 is 5.32 Å². The zero-order valence-corrected chi connectivity index (χ0v) is 13.2. The largest absolute Gasteiger partial charge is 0.378 e. The molecule has 5 heteroatoms. The van der Waals surface area contributed by atoms with Crippen LogP contribution in [0.3, 0.4) is 0 Å². The van der Waals surface area contributed by atoms with Crippen molar-refractivity contribution in [2.75, 3.05) is 5.32 Å². The Morgan fingerprint density at radius 1 is 1.11 bits per heavy atom. The Morgan fingerprint density at radius 2 is 1.84 bits per heavy atom. The smallest absolute Gasteiger partial charge is 0.143 e. The van der Waals surface area contributed by atoms with E-state index >= 15 is 0 Å². The van der Waals surface area contributed by atoms with Gasteiger partial charge in [0.25, 0.3) is 0 Å². The summed E-state index contributed by atoms with van der Waals surface area (Å²) in [7, 11) is 0. The Hall–Kier alpha value is -0.770. The van der Waals surface area contributed by atoms with E-state index in [0.29, 0.717) is 10.7 Å². The van der Waals surface area contributed by atoms with Crippen LogP contribution in [0.1, 0.15) is 18.5 Å². The van der Waals surface area contributed by atoms with Gasteiger partial charge in [0.05, 0.1) is 5.02 Å². The van der Waals surface area contributed by atoms with E-state index < -0.39 is 5.82 Å². The molecule has 1 N–H and O–H groups in total. The van der Waals surface area contributed by atoms with Crippen LogP contribution in [0.15, 0.2) is 40.9 Å². The van der Waals surface area contributed by atoms with Crippen LogP contribution in [0, 0.1) is 5.82 Å². The maximum atomic E-state index is 13.4. The van der Waals surface area contributed by atoms with Crippen LogP contribution in [0.4, 0.5) is 10.1 Å². The predicted octanol–water partition coefficient (Wildman–Crippen LogP) is 6.07. The molecule has 0 aliphatic rings. The molecule has 0 fully saturated rings. The van der Waals surface area contributed by atoms with E-state index in [1.54, 1.807) is 6.07 Å². The van der Waals surface area contributed by atoms with Crippen molar-refractivity contribution < 1.29 is 4.39 Å². The Morgan fingerprint density at radius 3 is 2.47 bits per heavy atom. The first kappa shape index (κ1) is 14.6. The zero-order chi connectivity index (χ0) is 14.0. The lowest BCUT2D eigenvalue weighted by atomic mass is 10.1. The average molecular weight is 363 g/mol. The molecule has 0 radical (unpaired) electrons. The lowest BCUT2D eigenvalue weighted by Gasteiger charge is -2.17. The highest BCUT2D eigenvalue weighted by atomic mass is 79.9. The van der Waals surface area contributed by atoms with Gasteiger partial charge in [0.1, 0.15) is 5.82 Å². The maximum absolute atomic E-state index is 13.4. The molecule has 2 aromatic carbocycles. The van der Waals surface area contributed by atoms with Gasteiger partial charge in [0, 0.05) is 21.2 Å². The molecule has 1 unspecified atom stereocenters. The molecule has 0 saturated heterocycles. The molecular weight excluding hydrogens is 352 g/mol. The summed E-state index contributed by atoms with van der Waals surface area (Å²) in [4.78, 5) is 0. The van der Waals surface area contributed by atoms with Gasteiger partial charge in [-0.05, 0) is 42.8 Å². The molecule has 19 heavy (non-hydrogen) atoms. The van der Waals surface area contributed by atoms with Gasteiger partial charge < -0.3 is 5.32 Å². The number of hydrogen-bond acceptors (Lipinski definition) is 1. The average Bonchev–Trinajstić information content (AvgIpc) is 2.33. The predicted molar refractivity (Wildman–Crippen MR) is 82.6 cm³/mol. The molecule has 0 spiro atoms. The van der Waals surface area contributed by atoms with Crippen molar-refractivity contribution in [2.45, 2.75) is 13.0 Å². The highest BCUT2D eigenvalue weighted by molar-refractivity contribution is 9.10. The summed E-state index contributed by atoms with van der Waals surface area (Å²) in [5, 5.41) is 3.96. The van der Waals surface area contributed by atoms with E-state index in [2.05, 4.69) is 21.2 Å². The fourth-order valence-electron chi connectivity index (χ4n) is 1.77. The monoisotopic (exact) mass is 361 g/mol. The second-order valence-electron chi connectivity index (χ2n) is 4.16. The van der Waals surface area contributed by atoms with E-state index in [9.17, 15) is 4.39 Å². The van der Waals surface area contributed by atoms with Crippen LogP contribution in [-0.2, 0) is 0 Å². The van der Waals surface area contributed by atoms with E-state index in [-0.39, 0.29) is 11.1 Å². The van der Waals surface area contributed by atoms with Crippen LogP contribution in [0.2, 0.25) is 10.0 Å². The van der Waals surface area contributed by atoms with Crippen LogP contribution >= 0.6 is 39.1 Å². The zero-order valence-electron chi connectivity index (χ0n) is 10.1. The first-order valence-corrected chi connectivity index (χ1v) is 7.19. The summed E-state index contributed by atoms with van der Waals surface area (Å²) in [5.41, 5.74) is 1.61. The molecule has 0 heterocycles. The van der Waals surface area contributed by atoms with Crippen molar-refractivity contribution in [3.05, 3.63) is 62.3 Å². The summed E-state index contributed by atoms with van der Waals surface area (Å²) >= 11 is 15.2. The highest BCUT2D eigenvalue weighted by Gasteiger charge is 2.10. The highest BCUT2D eigenvalue weighted by Crippen LogP contribution is 2.29. The summed E-state index contributed by atoms with van der Waals surface area (Å²) in [6.45, 7) is 1.96. The van der Waals surface area contributed by atoms with Gasteiger partial charge in [0.15, 0.2) is 0 Å². The van der Waals surface area contributed by atoms with Gasteiger partial charge in [-0.15, -0.1) is 0 Å². The van der Waals surface area contributed by atoms with Crippen molar-refractivity contribution in [1.82, 2.24) is 0 Å². The van der Waals surface area contributed by atoms with Gasteiger partial charge in [-0.1, -0.05) is 45.2 Å². The van der Waals surface area contributed by atoms with Crippen LogP contribution in [-0.4, -0.2) is 0 Å². The number of hydrogen-bond donors (Lipinski definition) is 1. The quantitative estimate of drug-likeness (QED) is 0.698. The summed E-state index contributed by atoms with van der Waals surface area (Å²) in [6.07, 6.45) is 0. The molecule has 2 aromatic rings. The third kappa shape index (κ3) is 3.62. The molecule has 0 saturated carbocycles. The normalized spacial score (nSPS) is 12.3. The standard InChI is InChI=1S/C14H11BrCl2FN/c1-8(11-4-2-9(15)6-13(11)17)19-10-3-5-12(16)14(18)7-10/h2-8,19H,1H3. The van der Waals surface area contributed by atoms with E-state index in [1.807, 2.05) is 25.1 Å². The van der Waals surface area contributed by atoms with Crippen molar-refractivity contribution in [2.24, 2.45) is 0 Å². The Labute approximate surface area is 129 Å². The Bertz CT molecular complexity index is 604. The minimum Gasteiger partial charge on any atom is -0.378 e. The van der Waals surface area contributed by atoms with Crippen molar-refractivity contribution in [1.29, 1.82) is 0 Å². The molecule has 0 amide bonds. The fraction of sp³-hybridized carbons (Fsp3) is 0.143. The van der Waals surface area contributed by atoms with E-state index in [1.165, 1.54) is 12.1 Å². The molecule has 1 atom stereocenters. The lowest BCUT2D eigenvalue weighted by Crippen LogP contribution is -2.07. The molecule has 0 aliphatic heterocycles. The van der Waals surface area contributed by atoms with Crippen LogP contribution in [0.25, 0.3) is 0 Å². The summed E-state index contributed by atoms with van der Waals surface area (Å²) < 4.78 is 14.3. The third-order valence-corrected chi connectivity index (χ3v) is 3.86. The number of anilines is 1. The second-order valence-corrected chi connectivity index (χ2v) is 5.89. The number of nitrogens with one attached hydrogen (secondary N) is 1. The van der Waals surface area contributed by atoms with Gasteiger partial charge in [-0.3, -0.25) is 0 Å². The SMILES string of the molecule is CC(Nc1ccc(Cl)c(F)c1)c1ccc(Br)cc1Cl. The molecule has 0 aliphatic carbocycles. The van der Waals surface area contributed by atoms with Crippen LogP contribution in [0.5, 0.6) is 0 Å². The van der Waals surface area contributed by atoms with E-state index in [0.717, 1.165) is 10.0 Å². The van der Waals surface area contributed by atoms with Gasteiger partial charge in [0.2, 0.25) is 0 Å². The fourth-order valence-corrected chi connectivity index (χ4v) is 2.72. The topological polar surface area (TPSA) is 12.0 Å². The van der Waals surface area contributed by atoms with Crippen molar-refractivity contribution >= 4 is 44.8 Å². The molecular formula is C14H11BrCl2FN. The number of rotatable bonds is 3. The Balaban J connectivity index is 2.20. The first-order chi connectivity index (χ1) is 8.97. The molecule has 100 valence electrons. The first-order valence-electron chi connectivity index (χ1n) is 5.64. The number of benzene rings is 2. The van der Waals surface area contributed by atoms with E-state index in [4.69, 9.17) is 23.2 Å². The van der Waals surface area contributed by atoms with Crippen molar-refractivity contribution in [3.63, 3.8) is 0 Å². The minimum absolute atomic E-state index is 0.0406.